The molecule has 0 bridgehead atoms. The normalized spacial score (nSPS) is 17.1. The third-order valence-corrected chi connectivity index (χ3v) is 4.43. The lowest BCUT2D eigenvalue weighted by Crippen LogP contribution is -2.45. The van der Waals surface area contributed by atoms with E-state index in [9.17, 15) is 0 Å². The van der Waals surface area contributed by atoms with Crippen molar-refractivity contribution in [3.05, 3.63) is 34.5 Å². The number of piperazine rings is 1. The van der Waals surface area contributed by atoms with Crippen LogP contribution in [-0.2, 0) is 0 Å². The zero-order valence-corrected chi connectivity index (χ0v) is 13.9. The fourth-order valence-electron chi connectivity index (χ4n) is 2.41. The second-order valence-electron chi connectivity index (χ2n) is 4.62. The first-order valence-electron chi connectivity index (χ1n) is 6.43. The van der Waals surface area contributed by atoms with Crippen LogP contribution >= 0.6 is 36.2 Å². The molecule has 0 amide bonds. The maximum Gasteiger partial charge on any atom is 0.0445 e. The number of aryl methyl sites for hydroxylation is 1. The summed E-state index contributed by atoms with van der Waals surface area (Å²) in [6, 6.07) is 5.13. The average Bonchev–Trinajstić information content (AvgIpc) is 2.78. The fourth-order valence-corrected chi connectivity index (χ4v) is 3.45. The Labute approximate surface area is 133 Å². The Kier molecular flexibility index (Phi) is 9.75. The van der Waals surface area contributed by atoms with Crippen molar-refractivity contribution in [3.63, 3.8) is 0 Å². The van der Waals surface area contributed by atoms with E-state index in [1.807, 2.05) is 17.4 Å². The van der Waals surface area contributed by atoms with E-state index in [2.05, 4.69) is 35.9 Å². The van der Waals surface area contributed by atoms with Crippen LogP contribution in [-0.4, -0.2) is 31.1 Å². The van der Waals surface area contributed by atoms with Crippen LogP contribution < -0.4 is 5.32 Å². The van der Waals surface area contributed by atoms with Crippen molar-refractivity contribution < 1.29 is 0 Å². The van der Waals surface area contributed by atoms with Crippen LogP contribution in [0.3, 0.4) is 0 Å². The number of allylic oxidation sites excluding steroid dienone is 1. The second-order valence-corrected chi connectivity index (χ2v) is 5.94. The van der Waals surface area contributed by atoms with Gasteiger partial charge in [-0.15, -0.1) is 42.7 Å². The lowest BCUT2D eigenvalue weighted by Gasteiger charge is -2.34. The number of thiophene rings is 1. The van der Waals surface area contributed by atoms with Crippen molar-refractivity contribution in [1.29, 1.82) is 0 Å². The maximum absolute atomic E-state index is 3.85. The Bertz CT molecular complexity index is 362. The van der Waals surface area contributed by atoms with E-state index in [1.165, 1.54) is 29.3 Å². The highest BCUT2D eigenvalue weighted by Crippen LogP contribution is 2.31. The smallest absolute Gasteiger partial charge is 0.0445 e. The standard InChI is InChI=1S/C14H22N2S.2ClH/c1-3-4-5-13(14-7-6-12(2)17-14)16-10-8-15-9-11-16;;/h3,6-7,13,15H,1,4-5,8-11H2,2H3;2*1H/t13-;;/m0../s1. The Hall–Kier alpha value is -0.0600. The molecule has 2 nitrogen and oxygen atoms in total. The first-order chi connectivity index (χ1) is 8.31. The summed E-state index contributed by atoms with van der Waals surface area (Å²) in [6.45, 7) is 10.6. The summed E-state index contributed by atoms with van der Waals surface area (Å²) < 4.78 is 0. The molecule has 1 aromatic rings. The van der Waals surface area contributed by atoms with Gasteiger partial charge in [0.05, 0.1) is 0 Å². The Morgan fingerprint density at radius 3 is 2.58 bits per heavy atom. The van der Waals surface area contributed by atoms with Gasteiger partial charge in [-0.2, -0.15) is 0 Å². The van der Waals surface area contributed by atoms with E-state index in [4.69, 9.17) is 0 Å². The number of hydrogen-bond acceptors (Lipinski definition) is 3. The molecule has 1 fully saturated rings. The molecule has 0 radical (unpaired) electrons. The zero-order chi connectivity index (χ0) is 12.1. The third kappa shape index (κ3) is 5.44. The van der Waals surface area contributed by atoms with Gasteiger partial charge in [-0.05, 0) is 31.9 Å². The van der Waals surface area contributed by atoms with Crippen molar-refractivity contribution in [2.75, 3.05) is 26.2 Å². The summed E-state index contributed by atoms with van der Waals surface area (Å²) in [6.07, 6.45) is 4.34. The molecule has 2 heterocycles. The molecule has 1 aliphatic rings. The lowest BCUT2D eigenvalue weighted by atomic mass is 10.1. The first-order valence-corrected chi connectivity index (χ1v) is 7.25. The highest BCUT2D eigenvalue weighted by atomic mass is 35.5. The molecule has 110 valence electrons. The molecule has 19 heavy (non-hydrogen) atoms. The van der Waals surface area contributed by atoms with E-state index in [-0.39, 0.29) is 24.8 Å². The van der Waals surface area contributed by atoms with Crippen LogP contribution in [0, 0.1) is 6.92 Å². The van der Waals surface area contributed by atoms with E-state index >= 15 is 0 Å². The molecule has 5 heteroatoms. The lowest BCUT2D eigenvalue weighted by molar-refractivity contribution is 0.168. The van der Waals surface area contributed by atoms with Crippen molar-refractivity contribution in [3.8, 4) is 0 Å². The first kappa shape index (κ1) is 18.9. The number of halogens is 2. The fraction of sp³-hybridized carbons (Fsp3) is 0.571. The molecule has 0 aliphatic carbocycles. The number of rotatable bonds is 5. The van der Waals surface area contributed by atoms with Crippen LogP contribution in [0.5, 0.6) is 0 Å². The van der Waals surface area contributed by atoms with E-state index in [1.54, 1.807) is 0 Å². The van der Waals surface area contributed by atoms with Gasteiger partial charge in [0.25, 0.3) is 0 Å². The molecule has 1 aromatic heterocycles. The van der Waals surface area contributed by atoms with Gasteiger partial charge in [0.2, 0.25) is 0 Å². The molecule has 1 saturated heterocycles. The number of nitrogens with one attached hydrogen (secondary N) is 1. The molecular weight excluding hydrogens is 299 g/mol. The quantitative estimate of drug-likeness (QED) is 0.829. The Balaban J connectivity index is 0.00000162. The highest BCUT2D eigenvalue weighted by molar-refractivity contribution is 7.12. The summed E-state index contributed by atoms with van der Waals surface area (Å²) >= 11 is 1.94. The van der Waals surface area contributed by atoms with Gasteiger partial charge < -0.3 is 5.32 Å². The molecular formula is C14H24Cl2N2S. The largest absolute Gasteiger partial charge is 0.314 e. The molecule has 1 aliphatic heterocycles. The van der Waals surface area contributed by atoms with Crippen molar-refractivity contribution in [2.45, 2.75) is 25.8 Å². The van der Waals surface area contributed by atoms with Crippen molar-refractivity contribution in [2.24, 2.45) is 0 Å². The molecule has 0 aromatic carbocycles. The molecule has 0 saturated carbocycles. The summed E-state index contributed by atoms with van der Waals surface area (Å²) in [5.74, 6) is 0. The van der Waals surface area contributed by atoms with E-state index in [0.717, 1.165) is 19.5 Å². The molecule has 0 unspecified atom stereocenters. The van der Waals surface area contributed by atoms with Gasteiger partial charge in [0, 0.05) is 42.0 Å². The van der Waals surface area contributed by atoms with Gasteiger partial charge in [-0.25, -0.2) is 0 Å². The van der Waals surface area contributed by atoms with Crippen molar-refractivity contribution in [1.82, 2.24) is 10.2 Å². The Morgan fingerprint density at radius 1 is 1.37 bits per heavy atom. The average molecular weight is 323 g/mol. The van der Waals surface area contributed by atoms with Gasteiger partial charge in [-0.3, -0.25) is 4.90 Å². The van der Waals surface area contributed by atoms with Crippen molar-refractivity contribution >= 4 is 36.2 Å². The van der Waals surface area contributed by atoms with Crippen LogP contribution in [0.15, 0.2) is 24.8 Å². The molecule has 2 rings (SSSR count). The van der Waals surface area contributed by atoms with Crippen LogP contribution in [0.4, 0.5) is 0 Å². The maximum atomic E-state index is 3.85. The summed E-state index contributed by atoms with van der Waals surface area (Å²) in [7, 11) is 0. The summed E-state index contributed by atoms with van der Waals surface area (Å²) in [5, 5.41) is 3.42. The highest BCUT2D eigenvalue weighted by Gasteiger charge is 2.22. The predicted molar refractivity (Wildman–Crippen MR) is 90.2 cm³/mol. The predicted octanol–water partition coefficient (Wildman–Crippen LogP) is 3.81. The van der Waals surface area contributed by atoms with Crippen LogP contribution in [0.2, 0.25) is 0 Å². The van der Waals surface area contributed by atoms with E-state index < -0.39 is 0 Å². The van der Waals surface area contributed by atoms with Gasteiger partial charge >= 0.3 is 0 Å². The zero-order valence-electron chi connectivity index (χ0n) is 11.4. The Morgan fingerprint density at radius 2 is 2.05 bits per heavy atom. The molecule has 1 N–H and O–H groups in total. The monoisotopic (exact) mass is 322 g/mol. The third-order valence-electron chi connectivity index (χ3n) is 3.33. The minimum absolute atomic E-state index is 0. The topological polar surface area (TPSA) is 15.3 Å². The van der Waals surface area contributed by atoms with Crippen LogP contribution in [0.25, 0.3) is 0 Å². The number of hydrogen-bond donors (Lipinski definition) is 1. The van der Waals surface area contributed by atoms with Gasteiger partial charge in [0.1, 0.15) is 0 Å². The minimum Gasteiger partial charge on any atom is -0.314 e. The SMILES string of the molecule is C=CCC[C@@H](c1ccc(C)s1)N1CCNCC1.Cl.Cl. The minimum atomic E-state index is 0. The van der Waals surface area contributed by atoms with Crippen LogP contribution in [0.1, 0.15) is 28.6 Å². The molecule has 0 spiro atoms. The molecule has 1 atom stereocenters. The second kappa shape index (κ2) is 9.78. The van der Waals surface area contributed by atoms with Gasteiger partial charge in [-0.1, -0.05) is 6.08 Å². The number of nitrogens with zero attached hydrogens (tertiary/aromatic N) is 1. The van der Waals surface area contributed by atoms with Gasteiger partial charge in [0.15, 0.2) is 0 Å². The summed E-state index contributed by atoms with van der Waals surface area (Å²) in [5.41, 5.74) is 0. The summed E-state index contributed by atoms with van der Waals surface area (Å²) in [4.78, 5) is 5.55. The van der Waals surface area contributed by atoms with E-state index in [0.29, 0.717) is 6.04 Å².